The molecule has 1 saturated carbocycles. The summed E-state index contributed by atoms with van der Waals surface area (Å²) >= 11 is 0. The first-order valence-electron chi connectivity index (χ1n) is 13.0. The minimum absolute atomic E-state index is 0.0482. The number of aliphatic hydroxyl groups is 1. The molecule has 2 aromatic rings. The summed E-state index contributed by atoms with van der Waals surface area (Å²) in [5.74, 6) is 1.39. The molecular formula is C29H39N3O4. The smallest absolute Gasteiger partial charge is 0.228 e. The molecule has 36 heavy (non-hydrogen) atoms. The van der Waals surface area contributed by atoms with Crippen LogP contribution in [0.15, 0.2) is 48.5 Å². The van der Waals surface area contributed by atoms with Gasteiger partial charge in [-0.2, -0.15) is 0 Å². The van der Waals surface area contributed by atoms with Crippen molar-refractivity contribution in [2.45, 2.75) is 51.7 Å². The fourth-order valence-electron chi connectivity index (χ4n) is 4.83. The highest BCUT2D eigenvalue weighted by atomic mass is 16.5. The molecule has 1 aliphatic heterocycles. The van der Waals surface area contributed by atoms with Crippen LogP contribution in [0.1, 0.15) is 37.8 Å². The summed E-state index contributed by atoms with van der Waals surface area (Å²) in [6.07, 6.45) is 2.92. The average molecular weight is 494 g/mol. The fraction of sp³-hybridized carbons (Fsp3) is 0.517. The van der Waals surface area contributed by atoms with E-state index >= 15 is 0 Å². The number of amides is 2. The van der Waals surface area contributed by atoms with Crippen LogP contribution in [-0.2, 0) is 22.4 Å². The SMILES string of the molecule is C[C@H](CO)N1C[C@H](C)[C@H](CN(C)CC2CC2)Oc2ccc(NC(=O)Cc3ccccc3)cc2CC1=O. The molecule has 1 heterocycles. The van der Waals surface area contributed by atoms with Gasteiger partial charge in [0.15, 0.2) is 0 Å². The van der Waals surface area contributed by atoms with Crippen molar-refractivity contribution in [2.75, 3.05) is 38.6 Å². The minimum Gasteiger partial charge on any atom is -0.488 e. The standard InChI is InChI=1S/C29H39N3O4/c1-20-16-32(21(2)19-33)29(35)15-24-14-25(30-28(34)13-22-7-5-4-6-8-22)11-12-26(24)36-27(20)18-31(3)17-23-9-10-23/h4-8,11-12,14,20-21,23,27,33H,9-10,13,15-19H2,1-3H3,(H,30,34)/t20-,21+,27-/m0/s1. The number of nitrogens with zero attached hydrogens (tertiary/aromatic N) is 2. The Morgan fingerprint density at radius 1 is 1.19 bits per heavy atom. The van der Waals surface area contributed by atoms with Crippen LogP contribution in [0.25, 0.3) is 0 Å². The summed E-state index contributed by atoms with van der Waals surface area (Å²) in [6, 6.07) is 14.9. The van der Waals surface area contributed by atoms with E-state index in [-0.39, 0.29) is 49.3 Å². The lowest BCUT2D eigenvalue weighted by atomic mass is 10.0. The molecule has 7 heteroatoms. The largest absolute Gasteiger partial charge is 0.488 e. The van der Waals surface area contributed by atoms with Crippen LogP contribution in [0.2, 0.25) is 0 Å². The molecule has 194 valence electrons. The van der Waals surface area contributed by atoms with Crippen molar-refractivity contribution in [3.05, 3.63) is 59.7 Å². The van der Waals surface area contributed by atoms with Crippen LogP contribution in [0.5, 0.6) is 5.75 Å². The molecule has 2 aromatic carbocycles. The summed E-state index contributed by atoms with van der Waals surface area (Å²) in [5, 5.41) is 12.8. The van der Waals surface area contributed by atoms with Gasteiger partial charge in [0.2, 0.25) is 11.8 Å². The highest BCUT2D eigenvalue weighted by Gasteiger charge is 2.32. The van der Waals surface area contributed by atoms with Crippen LogP contribution >= 0.6 is 0 Å². The third-order valence-electron chi connectivity index (χ3n) is 7.17. The van der Waals surface area contributed by atoms with E-state index in [1.165, 1.54) is 12.8 Å². The molecule has 1 aliphatic carbocycles. The van der Waals surface area contributed by atoms with E-state index in [0.29, 0.717) is 18.0 Å². The highest BCUT2D eigenvalue weighted by molar-refractivity contribution is 5.92. The Morgan fingerprint density at radius 3 is 2.64 bits per heavy atom. The number of carbonyl (C=O) groups excluding carboxylic acids is 2. The first-order chi connectivity index (χ1) is 17.3. The number of rotatable bonds is 9. The van der Waals surface area contributed by atoms with Gasteiger partial charge in [0.25, 0.3) is 0 Å². The molecule has 2 amide bonds. The van der Waals surface area contributed by atoms with Gasteiger partial charge in [-0.1, -0.05) is 37.3 Å². The second kappa shape index (κ2) is 11.9. The minimum atomic E-state index is -0.278. The third-order valence-corrected chi connectivity index (χ3v) is 7.17. The number of nitrogens with one attached hydrogen (secondary N) is 1. The molecule has 3 atom stereocenters. The van der Waals surface area contributed by atoms with E-state index in [0.717, 1.165) is 30.1 Å². The van der Waals surface area contributed by atoms with Gasteiger partial charge in [-0.15, -0.1) is 0 Å². The van der Waals surface area contributed by atoms with Gasteiger partial charge in [-0.05, 0) is 56.5 Å². The van der Waals surface area contributed by atoms with Crippen LogP contribution in [-0.4, -0.2) is 72.2 Å². The maximum absolute atomic E-state index is 13.3. The van der Waals surface area contributed by atoms with E-state index in [4.69, 9.17) is 4.74 Å². The number of fused-ring (bicyclic) bond motifs is 1. The van der Waals surface area contributed by atoms with Gasteiger partial charge in [0.05, 0.1) is 25.5 Å². The van der Waals surface area contributed by atoms with E-state index in [1.807, 2.05) is 55.5 Å². The first kappa shape index (κ1) is 26.2. The number of anilines is 1. The molecule has 0 bridgehead atoms. The van der Waals surface area contributed by atoms with Crippen molar-refractivity contribution >= 4 is 17.5 Å². The van der Waals surface area contributed by atoms with Crippen molar-refractivity contribution in [1.82, 2.24) is 9.80 Å². The number of ether oxygens (including phenoxy) is 1. The quantitative estimate of drug-likeness (QED) is 0.560. The average Bonchev–Trinajstić information content (AvgIpc) is 3.66. The number of carbonyl (C=O) groups is 2. The van der Waals surface area contributed by atoms with Gasteiger partial charge in [0.1, 0.15) is 11.9 Å². The third kappa shape index (κ3) is 7.08. The highest BCUT2D eigenvalue weighted by Crippen LogP contribution is 2.31. The van der Waals surface area contributed by atoms with Crippen LogP contribution < -0.4 is 10.1 Å². The molecule has 0 aromatic heterocycles. The molecule has 1 fully saturated rings. The summed E-state index contributed by atoms with van der Waals surface area (Å²) < 4.78 is 6.57. The lowest BCUT2D eigenvalue weighted by molar-refractivity contribution is -0.134. The lowest BCUT2D eigenvalue weighted by Gasteiger charge is -2.34. The Hall–Kier alpha value is -2.90. The maximum Gasteiger partial charge on any atom is 0.228 e. The zero-order valence-electron chi connectivity index (χ0n) is 21.7. The Bertz CT molecular complexity index is 1040. The fourth-order valence-corrected chi connectivity index (χ4v) is 4.83. The van der Waals surface area contributed by atoms with Gasteiger partial charge < -0.3 is 25.0 Å². The van der Waals surface area contributed by atoms with Crippen molar-refractivity contribution < 1.29 is 19.4 Å². The van der Waals surface area contributed by atoms with Crippen LogP contribution in [0, 0.1) is 11.8 Å². The zero-order valence-corrected chi connectivity index (χ0v) is 21.7. The van der Waals surface area contributed by atoms with Gasteiger partial charge in [-0.25, -0.2) is 0 Å². The zero-order chi connectivity index (χ0) is 25.7. The predicted molar refractivity (Wildman–Crippen MR) is 141 cm³/mol. The predicted octanol–water partition coefficient (Wildman–Crippen LogP) is 3.36. The monoisotopic (exact) mass is 493 g/mol. The molecule has 0 unspecified atom stereocenters. The second-order valence-corrected chi connectivity index (χ2v) is 10.6. The van der Waals surface area contributed by atoms with Gasteiger partial charge in [0, 0.05) is 36.8 Å². The number of hydrogen-bond donors (Lipinski definition) is 2. The number of likely N-dealkylation sites (N-methyl/N-ethyl adjacent to an activating group) is 1. The van der Waals surface area contributed by atoms with Crippen molar-refractivity contribution in [1.29, 1.82) is 0 Å². The van der Waals surface area contributed by atoms with E-state index < -0.39 is 0 Å². The van der Waals surface area contributed by atoms with Crippen LogP contribution in [0.3, 0.4) is 0 Å². The number of hydrogen-bond acceptors (Lipinski definition) is 5. The summed E-state index contributed by atoms with van der Waals surface area (Å²) in [6.45, 7) is 6.25. The maximum atomic E-state index is 13.3. The first-order valence-corrected chi connectivity index (χ1v) is 13.0. The summed E-state index contributed by atoms with van der Waals surface area (Å²) in [4.78, 5) is 30.1. The Labute approximate surface area is 214 Å². The van der Waals surface area contributed by atoms with Crippen molar-refractivity contribution in [2.24, 2.45) is 11.8 Å². The molecule has 2 aliphatic rings. The van der Waals surface area contributed by atoms with E-state index in [1.54, 1.807) is 4.90 Å². The Kier molecular flexibility index (Phi) is 8.64. The molecule has 0 spiro atoms. The second-order valence-electron chi connectivity index (χ2n) is 10.6. The van der Waals surface area contributed by atoms with E-state index in [2.05, 4.69) is 24.2 Å². The Morgan fingerprint density at radius 2 is 1.94 bits per heavy atom. The topological polar surface area (TPSA) is 82.1 Å². The Balaban J connectivity index is 1.55. The summed E-state index contributed by atoms with van der Waals surface area (Å²) in [5.41, 5.74) is 2.33. The summed E-state index contributed by atoms with van der Waals surface area (Å²) in [7, 11) is 2.13. The number of benzene rings is 2. The molecule has 0 radical (unpaired) electrons. The molecule has 4 rings (SSSR count). The molecule has 0 saturated heterocycles. The lowest BCUT2D eigenvalue weighted by Crippen LogP contribution is -2.47. The van der Waals surface area contributed by atoms with E-state index in [9.17, 15) is 14.7 Å². The molecule has 2 N–H and O–H groups in total. The van der Waals surface area contributed by atoms with Crippen molar-refractivity contribution in [3.8, 4) is 5.75 Å². The van der Waals surface area contributed by atoms with Crippen molar-refractivity contribution in [3.63, 3.8) is 0 Å². The molecule has 7 nitrogen and oxygen atoms in total. The van der Waals surface area contributed by atoms with Gasteiger partial charge in [-0.3, -0.25) is 9.59 Å². The van der Waals surface area contributed by atoms with Gasteiger partial charge >= 0.3 is 0 Å². The number of aliphatic hydroxyl groups excluding tert-OH is 1. The molecular weight excluding hydrogens is 454 g/mol. The van der Waals surface area contributed by atoms with Crippen LogP contribution in [0.4, 0.5) is 5.69 Å². The normalized spacial score (nSPS) is 21.1.